The highest BCUT2D eigenvalue weighted by atomic mass is 16.6. The van der Waals surface area contributed by atoms with Crippen molar-refractivity contribution >= 4 is 23.5 Å². The third-order valence-corrected chi connectivity index (χ3v) is 2.55. The van der Waals surface area contributed by atoms with E-state index in [-0.39, 0.29) is 24.8 Å². The molecular weight excluding hydrogens is 324 g/mol. The van der Waals surface area contributed by atoms with E-state index in [0.717, 1.165) is 0 Å². The van der Waals surface area contributed by atoms with Gasteiger partial charge in [-0.15, -0.1) is 0 Å². The fourth-order valence-corrected chi connectivity index (χ4v) is 1.16. The number of carbonyl (C=O) groups is 4. The number of carbonyl (C=O) groups excluding carboxylic acids is 4. The van der Waals surface area contributed by atoms with Crippen molar-refractivity contribution in [3.63, 3.8) is 0 Å². The number of hydrogen-bond acceptors (Lipinski definition) is 6. The van der Waals surface area contributed by atoms with Crippen molar-refractivity contribution in [3.05, 3.63) is 49.6 Å². The Morgan fingerprint density at radius 3 is 1.32 bits per heavy atom. The maximum absolute atomic E-state index is 10.8. The molecule has 0 amide bonds. The molecule has 0 rings (SSSR count). The Labute approximate surface area is 148 Å². The van der Waals surface area contributed by atoms with Crippen molar-refractivity contribution in [3.8, 4) is 0 Å². The zero-order chi connectivity index (χ0) is 19.8. The lowest BCUT2D eigenvalue weighted by molar-refractivity contribution is -0.147. The zero-order valence-electron chi connectivity index (χ0n) is 15.0. The summed E-state index contributed by atoms with van der Waals surface area (Å²) in [5.74, 6) is -1.00. The lowest BCUT2D eigenvalue weighted by atomic mass is 10.1. The first-order chi connectivity index (χ1) is 11.6. The van der Waals surface area contributed by atoms with Crippen LogP contribution in [0.5, 0.6) is 0 Å². The van der Waals surface area contributed by atoms with E-state index < -0.39 is 11.9 Å². The third-order valence-electron chi connectivity index (χ3n) is 2.55. The van der Waals surface area contributed by atoms with Crippen molar-refractivity contribution in [2.45, 2.75) is 33.1 Å². The molecule has 6 nitrogen and oxygen atoms in total. The fourth-order valence-electron chi connectivity index (χ4n) is 1.16. The van der Waals surface area contributed by atoms with E-state index in [4.69, 9.17) is 0 Å². The number of ketones is 2. The van der Waals surface area contributed by atoms with Gasteiger partial charge in [0.1, 0.15) is 13.2 Å². The average Bonchev–Trinajstić information content (AvgIpc) is 2.57. The SMILES string of the molecule is C=C(C)C(=O)OCCOC(=O)C(=C)C.C=CC(=O)CCCC(=O)C=C. The minimum Gasteiger partial charge on any atom is -0.459 e. The molecule has 138 valence electrons. The van der Waals surface area contributed by atoms with Gasteiger partial charge in [0.05, 0.1) is 0 Å². The van der Waals surface area contributed by atoms with Crippen molar-refractivity contribution in [1.29, 1.82) is 0 Å². The summed E-state index contributed by atoms with van der Waals surface area (Å²) in [4.78, 5) is 42.9. The fraction of sp³-hybridized carbons (Fsp3) is 0.368. The van der Waals surface area contributed by atoms with Crippen LogP contribution in [0.15, 0.2) is 49.6 Å². The standard InChI is InChI=1S/C10H14O4.C9H12O2/c1-7(2)9(11)13-5-6-14-10(12)8(3)4;1-3-8(10)6-5-7-9(11)4-2/h1,3,5-6H2,2,4H3;3-4H,1-2,5-7H2. The number of allylic oxidation sites excluding steroid dienone is 2. The predicted octanol–water partition coefficient (Wildman–Crippen LogP) is 2.89. The molecule has 0 fully saturated rings. The summed E-state index contributed by atoms with van der Waals surface area (Å²) in [5.41, 5.74) is 0.632. The Kier molecular flexibility index (Phi) is 14.5. The van der Waals surface area contributed by atoms with Crippen LogP contribution in [0, 0.1) is 0 Å². The van der Waals surface area contributed by atoms with Gasteiger partial charge in [0.25, 0.3) is 0 Å². The molecule has 0 atom stereocenters. The average molecular weight is 350 g/mol. The van der Waals surface area contributed by atoms with Crippen LogP contribution in [0.1, 0.15) is 33.1 Å². The Morgan fingerprint density at radius 2 is 1.08 bits per heavy atom. The van der Waals surface area contributed by atoms with Gasteiger partial charge in [-0.1, -0.05) is 26.3 Å². The molecule has 0 bridgehead atoms. The van der Waals surface area contributed by atoms with E-state index in [1.807, 2.05) is 0 Å². The van der Waals surface area contributed by atoms with Gasteiger partial charge < -0.3 is 9.47 Å². The van der Waals surface area contributed by atoms with Crippen LogP contribution in [0.25, 0.3) is 0 Å². The highest BCUT2D eigenvalue weighted by molar-refractivity contribution is 5.91. The summed E-state index contributed by atoms with van der Waals surface area (Å²) in [6.45, 7) is 16.6. The molecule has 0 aromatic carbocycles. The maximum Gasteiger partial charge on any atom is 0.333 e. The van der Waals surface area contributed by atoms with Gasteiger partial charge in [0.2, 0.25) is 0 Å². The first-order valence-electron chi connectivity index (χ1n) is 7.61. The third kappa shape index (κ3) is 15.9. The van der Waals surface area contributed by atoms with Gasteiger partial charge in [0, 0.05) is 24.0 Å². The lowest BCUT2D eigenvalue weighted by Crippen LogP contribution is -2.14. The van der Waals surface area contributed by atoms with E-state index in [1.165, 1.54) is 12.2 Å². The highest BCUT2D eigenvalue weighted by Gasteiger charge is 2.05. The van der Waals surface area contributed by atoms with Gasteiger partial charge in [-0.05, 0) is 32.4 Å². The van der Waals surface area contributed by atoms with Gasteiger partial charge in [-0.25, -0.2) is 9.59 Å². The molecule has 0 unspecified atom stereocenters. The number of esters is 2. The van der Waals surface area contributed by atoms with Crippen molar-refractivity contribution in [2.24, 2.45) is 0 Å². The summed E-state index contributed by atoms with van der Waals surface area (Å²) in [7, 11) is 0. The Morgan fingerprint density at radius 1 is 0.760 bits per heavy atom. The van der Waals surface area contributed by atoms with Gasteiger partial charge in [0.15, 0.2) is 11.6 Å². The molecular formula is C19H26O6. The molecule has 0 aliphatic rings. The molecule has 0 saturated carbocycles. The second kappa shape index (κ2) is 14.8. The molecule has 25 heavy (non-hydrogen) atoms. The van der Waals surface area contributed by atoms with Crippen LogP contribution in [-0.4, -0.2) is 36.7 Å². The zero-order valence-corrected chi connectivity index (χ0v) is 15.0. The van der Waals surface area contributed by atoms with E-state index in [1.54, 1.807) is 13.8 Å². The second-order valence-corrected chi connectivity index (χ2v) is 5.03. The molecule has 0 aromatic heterocycles. The van der Waals surface area contributed by atoms with Crippen molar-refractivity contribution < 1.29 is 28.7 Å². The first-order valence-corrected chi connectivity index (χ1v) is 7.61. The lowest BCUT2D eigenvalue weighted by Gasteiger charge is -2.05. The van der Waals surface area contributed by atoms with E-state index >= 15 is 0 Å². The largest absolute Gasteiger partial charge is 0.459 e. The molecule has 0 heterocycles. The summed E-state index contributed by atoms with van der Waals surface area (Å²) < 4.78 is 9.38. The van der Waals surface area contributed by atoms with E-state index in [2.05, 4.69) is 35.8 Å². The summed E-state index contributed by atoms with van der Waals surface area (Å²) in [6.07, 6.45) is 3.96. The van der Waals surface area contributed by atoms with Crippen LogP contribution < -0.4 is 0 Å². The maximum atomic E-state index is 10.8. The molecule has 0 aliphatic carbocycles. The van der Waals surface area contributed by atoms with Crippen molar-refractivity contribution in [2.75, 3.05) is 13.2 Å². The minimum atomic E-state index is -0.489. The second-order valence-electron chi connectivity index (χ2n) is 5.03. The van der Waals surface area contributed by atoms with Crippen LogP contribution in [-0.2, 0) is 28.7 Å². The van der Waals surface area contributed by atoms with Gasteiger partial charge in [-0.2, -0.15) is 0 Å². The molecule has 0 aromatic rings. The number of ether oxygens (including phenoxy) is 2. The molecule has 0 saturated heterocycles. The van der Waals surface area contributed by atoms with Gasteiger partial charge in [-0.3, -0.25) is 9.59 Å². The normalized spacial score (nSPS) is 8.88. The molecule has 0 N–H and O–H groups in total. The smallest absolute Gasteiger partial charge is 0.333 e. The Balaban J connectivity index is 0. The van der Waals surface area contributed by atoms with E-state index in [9.17, 15) is 19.2 Å². The number of rotatable bonds is 11. The van der Waals surface area contributed by atoms with Gasteiger partial charge >= 0.3 is 11.9 Å². The highest BCUT2D eigenvalue weighted by Crippen LogP contribution is 1.98. The Bertz CT molecular complexity index is 494. The minimum absolute atomic E-state index is 0.0122. The monoisotopic (exact) mass is 350 g/mol. The summed E-state index contributed by atoms with van der Waals surface area (Å²) >= 11 is 0. The Hall–Kier alpha value is -2.76. The summed E-state index contributed by atoms with van der Waals surface area (Å²) in [6, 6.07) is 0. The van der Waals surface area contributed by atoms with Crippen LogP contribution >= 0.6 is 0 Å². The van der Waals surface area contributed by atoms with Crippen LogP contribution in [0.2, 0.25) is 0 Å². The van der Waals surface area contributed by atoms with Crippen molar-refractivity contribution in [1.82, 2.24) is 0 Å². The van der Waals surface area contributed by atoms with E-state index in [0.29, 0.717) is 30.4 Å². The molecule has 0 aliphatic heterocycles. The molecule has 0 radical (unpaired) electrons. The molecule has 6 heteroatoms. The number of hydrogen-bond donors (Lipinski definition) is 0. The first kappa shape index (κ1) is 24.5. The summed E-state index contributed by atoms with van der Waals surface area (Å²) in [5, 5.41) is 0. The predicted molar refractivity (Wildman–Crippen MR) is 95.8 cm³/mol. The molecule has 0 spiro atoms. The quantitative estimate of drug-likeness (QED) is 0.323. The van der Waals surface area contributed by atoms with Crippen LogP contribution in [0.4, 0.5) is 0 Å². The van der Waals surface area contributed by atoms with Crippen LogP contribution in [0.3, 0.4) is 0 Å². The topological polar surface area (TPSA) is 86.7 Å².